The molecule has 0 radical (unpaired) electrons. The zero-order valence-electron chi connectivity index (χ0n) is 20.4. The Morgan fingerprint density at radius 2 is 2.10 bits per heavy atom. The third kappa shape index (κ3) is 4.88. The highest BCUT2D eigenvalue weighted by Crippen LogP contribution is 2.33. The van der Waals surface area contributed by atoms with Gasteiger partial charge < -0.3 is 18.9 Å². The first-order valence-electron chi connectivity index (χ1n) is 11.9. The summed E-state index contributed by atoms with van der Waals surface area (Å²) in [4.78, 5) is 14.3. The molecule has 0 bridgehead atoms. The molecule has 2 aromatic carbocycles. The van der Waals surface area contributed by atoms with E-state index < -0.39 is 12.6 Å². The molecule has 0 unspecified atom stereocenters. The van der Waals surface area contributed by atoms with Gasteiger partial charge in [-0.2, -0.15) is 0 Å². The van der Waals surface area contributed by atoms with Gasteiger partial charge in [-0.1, -0.05) is 5.16 Å². The zero-order chi connectivity index (χ0) is 24.3. The Bertz CT molecular complexity index is 1160. The molecule has 1 aromatic heterocycles. The fourth-order valence-electron chi connectivity index (χ4n) is 4.05. The largest absolute Gasteiger partial charge is 0.493 e. The highest BCUT2D eigenvalue weighted by Gasteiger charge is 2.25. The monoisotopic (exact) mass is 429 g/mol. The van der Waals surface area contributed by atoms with E-state index >= 15 is 0 Å². The van der Waals surface area contributed by atoms with Crippen molar-refractivity contribution in [3.05, 3.63) is 53.5 Å². The van der Waals surface area contributed by atoms with Crippen LogP contribution in [0.3, 0.4) is 0 Å². The van der Waals surface area contributed by atoms with Crippen LogP contribution in [0.25, 0.3) is 11.0 Å². The minimum Gasteiger partial charge on any atom is -0.493 e. The Morgan fingerprint density at radius 3 is 2.87 bits per heavy atom. The van der Waals surface area contributed by atoms with E-state index in [0.717, 1.165) is 50.0 Å². The normalized spacial score (nSPS) is 17.2. The predicted octanol–water partition coefficient (Wildman–Crippen LogP) is 4.83. The third-order valence-corrected chi connectivity index (χ3v) is 5.74. The molecule has 1 saturated heterocycles. The van der Waals surface area contributed by atoms with Gasteiger partial charge in [0.1, 0.15) is 5.82 Å². The summed E-state index contributed by atoms with van der Waals surface area (Å²) in [6, 6.07) is 8.95. The Balaban J connectivity index is 1.25. The van der Waals surface area contributed by atoms with Gasteiger partial charge in [0.05, 0.1) is 19.4 Å². The van der Waals surface area contributed by atoms with Crippen molar-refractivity contribution in [2.75, 3.05) is 33.4 Å². The highest BCUT2D eigenvalue weighted by atomic mass is 19.1. The van der Waals surface area contributed by atoms with Crippen LogP contribution in [0.15, 0.2) is 40.9 Å². The number of hydrogen-bond acceptors (Lipinski definition) is 6. The lowest BCUT2D eigenvalue weighted by Crippen LogP contribution is -2.34. The van der Waals surface area contributed by atoms with Crippen LogP contribution in [0, 0.1) is 5.82 Å². The van der Waals surface area contributed by atoms with Crippen LogP contribution in [0.1, 0.15) is 52.2 Å². The van der Waals surface area contributed by atoms with Gasteiger partial charge in [-0.15, -0.1) is 0 Å². The number of ether oxygens (including phenoxy) is 2. The number of likely N-dealkylation sites (tertiary alicyclic amines) is 1. The fourth-order valence-corrected chi connectivity index (χ4v) is 4.05. The van der Waals surface area contributed by atoms with Crippen molar-refractivity contribution in [2.24, 2.45) is 0 Å². The summed E-state index contributed by atoms with van der Waals surface area (Å²) < 4.78 is 51.6. The number of benzene rings is 2. The van der Waals surface area contributed by atoms with Crippen molar-refractivity contribution < 1.29 is 27.3 Å². The van der Waals surface area contributed by atoms with E-state index in [-0.39, 0.29) is 11.4 Å². The lowest BCUT2D eigenvalue weighted by Gasteiger charge is -2.31. The molecule has 0 amide bonds. The molecule has 6 nitrogen and oxygen atoms in total. The minimum absolute atomic E-state index is 0.0668. The van der Waals surface area contributed by atoms with Crippen LogP contribution in [-0.2, 0) is 0 Å². The maximum Gasteiger partial charge on any atom is 0.170 e. The first-order valence-corrected chi connectivity index (χ1v) is 10.4. The average Bonchev–Trinajstić information content (AvgIpc) is 3.24. The van der Waals surface area contributed by atoms with Crippen molar-refractivity contribution in [2.45, 2.75) is 32.0 Å². The number of Topliss-reactive ketones (excluding diaryl/α,β-unsaturated/α-hetero) is 1. The molecule has 0 atom stereocenters. The van der Waals surface area contributed by atoms with Gasteiger partial charge in [0.2, 0.25) is 0 Å². The summed E-state index contributed by atoms with van der Waals surface area (Å²) in [6.07, 6.45) is 2.70. The number of carbonyl (C=O) groups is 1. The first-order chi connectivity index (χ1) is 16.3. The molecular formula is C24H27FN2O4. The van der Waals surface area contributed by atoms with E-state index in [4.69, 9.17) is 18.1 Å². The van der Waals surface area contributed by atoms with Gasteiger partial charge >= 0.3 is 0 Å². The molecule has 3 aromatic rings. The van der Waals surface area contributed by atoms with Crippen molar-refractivity contribution >= 4 is 16.8 Å². The van der Waals surface area contributed by atoms with Crippen molar-refractivity contribution in [3.63, 3.8) is 0 Å². The molecule has 0 spiro atoms. The van der Waals surface area contributed by atoms with E-state index in [2.05, 4.69) is 10.1 Å². The van der Waals surface area contributed by atoms with Gasteiger partial charge in [0.25, 0.3) is 0 Å². The summed E-state index contributed by atoms with van der Waals surface area (Å²) in [5.74, 6) is -0.163. The van der Waals surface area contributed by atoms with Crippen molar-refractivity contribution in [1.29, 1.82) is 0 Å². The summed E-state index contributed by atoms with van der Waals surface area (Å²) in [5, 5.41) is 5.08. The number of hydrogen-bond donors (Lipinski definition) is 0. The van der Waals surface area contributed by atoms with E-state index in [1.54, 1.807) is 12.1 Å². The zero-order valence-corrected chi connectivity index (χ0v) is 17.4. The van der Waals surface area contributed by atoms with E-state index in [0.29, 0.717) is 29.6 Å². The molecular weight excluding hydrogens is 399 g/mol. The maximum atomic E-state index is 13.4. The summed E-state index contributed by atoms with van der Waals surface area (Å²) in [5.41, 5.74) is 1.46. The Kier molecular flexibility index (Phi) is 5.41. The molecule has 0 aliphatic carbocycles. The smallest absolute Gasteiger partial charge is 0.170 e. The first kappa shape index (κ1) is 17.7. The number of carbonyl (C=O) groups excluding carboxylic acids is 1. The molecule has 4 rings (SSSR count). The quantitative estimate of drug-likeness (QED) is 0.378. The van der Waals surface area contributed by atoms with Crippen LogP contribution in [0.2, 0.25) is 0 Å². The molecule has 0 saturated carbocycles. The summed E-state index contributed by atoms with van der Waals surface area (Å²) in [6.45, 7) is 0.488. The second-order valence-corrected chi connectivity index (χ2v) is 7.72. The number of ketones is 1. The molecule has 31 heavy (non-hydrogen) atoms. The Labute approximate surface area is 185 Å². The molecule has 164 valence electrons. The number of aromatic nitrogens is 1. The minimum atomic E-state index is -2.69. The average molecular weight is 430 g/mol. The number of methoxy groups -OCH3 is 1. The van der Waals surface area contributed by atoms with Gasteiger partial charge in [-0.05, 0) is 69.5 Å². The topological polar surface area (TPSA) is 64.8 Å². The molecule has 1 aliphatic rings. The number of nitrogens with zero attached hydrogens (tertiary/aromatic N) is 2. The molecule has 1 fully saturated rings. The lowest BCUT2D eigenvalue weighted by molar-refractivity contribution is 0.101. The van der Waals surface area contributed by atoms with Gasteiger partial charge in [0.15, 0.2) is 22.9 Å². The second-order valence-electron chi connectivity index (χ2n) is 7.72. The van der Waals surface area contributed by atoms with Crippen LogP contribution in [-0.4, -0.2) is 49.2 Å². The van der Waals surface area contributed by atoms with Crippen molar-refractivity contribution in [1.82, 2.24) is 10.1 Å². The lowest BCUT2D eigenvalue weighted by atomic mass is 9.91. The molecule has 0 N–H and O–H groups in total. The Hall–Kier alpha value is -2.93. The number of halogens is 1. The van der Waals surface area contributed by atoms with Crippen LogP contribution in [0.4, 0.5) is 4.39 Å². The van der Waals surface area contributed by atoms with E-state index in [1.807, 2.05) is 0 Å². The molecule has 1 aliphatic heterocycles. The van der Waals surface area contributed by atoms with Crippen LogP contribution in [0.5, 0.6) is 11.5 Å². The number of fused-ring (bicyclic) bond motifs is 1. The van der Waals surface area contributed by atoms with Crippen molar-refractivity contribution in [3.8, 4) is 11.5 Å². The van der Waals surface area contributed by atoms with E-state index in [1.165, 1.54) is 31.4 Å². The van der Waals surface area contributed by atoms with Crippen LogP contribution < -0.4 is 9.47 Å². The Morgan fingerprint density at radius 1 is 1.26 bits per heavy atom. The second kappa shape index (κ2) is 9.47. The van der Waals surface area contributed by atoms with E-state index in [9.17, 15) is 9.18 Å². The summed E-state index contributed by atoms with van der Waals surface area (Å²) >= 11 is 0. The predicted molar refractivity (Wildman–Crippen MR) is 115 cm³/mol. The standard InChI is InChI=1S/C24H27FN2O4/c1-16(28)18-4-7-21(23(14-18)29-2)30-13-3-10-27-11-8-17(9-12-27)24-20-6-5-19(25)15-22(20)31-26-24/h4-7,14-15,17H,3,8-13H2,1-2H3/i1D3. The van der Waals surface area contributed by atoms with Gasteiger partial charge in [-0.25, -0.2) is 4.39 Å². The van der Waals surface area contributed by atoms with Gasteiger partial charge in [-0.3, -0.25) is 4.79 Å². The summed E-state index contributed by atoms with van der Waals surface area (Å²) in [7, 11) is 1.45. The fraction of sp³-hybridized carbons (Fsp3) is 0.417. The van der Waals surface area contributed by atoms with Gasteiger partial charge in [0, 0.05) is 33.6 Å². The highest BCUT2D eigenvalue weighted by molar-refractivity contribution is 5.94. The molecule has 7 heteroatoms. The number of piperidine rings is 1. The molecule has 2 heterocycles. The third-order valence-electron chi connectivity index (χ3n) is 5.74. The SMILES string of the molecule is [2H]C([2H])([2H])C(=O)c1ccc(OCCCN2CCC(c3noc4cc(F)ccc34)CC2)c(OC)c1. The maximum absolute atomic E-state index is 13.4. The van der Waals surface area contributed by atoms with Crippen LogP contribution >= 0.6 is 0 Å². The number of rotatable bonds is 8.